The van der Waals surface area contributed by atoms with E-state index in [2.05, 4.69) is 11.8 Å². The van der Waals surface area contributed by atoms with Crippen LogP contribution in [0.4, 0.5) is 5.69 Å². The zero-order valence-electron chi connectivity index (χ0n) is 10.5. The first-order valence-electron chi connectivity index (χ1n) is 6.45. The van der Waals surface area contributed by atoms with Gasteiger partial charge in [-0.25, -0.2) is 0 Å². The van der Waals surface area contributed by atoms with Gasteiger partial charge in [-0.3, -0.25) is 4.90 Å². The van der Waals surface area contributed by atoms with Crippen LogP contribution in [0.5, 0.6) is 0 Å². The maximum atomic E-state index is 5.99. The number of benzene rings is 1. The fraction of sp³-hybridized carbons (Fsp3) is 0.571. The van der Waals surface area contributed by atoms with Crippen LogP contribution in [0.1, 0.15) is 31.7 Å². The van der Waals surface area contributed by atoms with Gasteiger partial charge < -0.3 is 5.73 Å². The summed E-state index contributed by atoms with van der Waals surface area (Å²) in [4.78, 5) is 2.48. The lowest BCUT2D eigenvalue weighted by atomic mass is 9.85. The molecule has 0 spiro atoms. The largest absolute Gasteiger partial charge is 0.398 e. The fourth-order valence-corrected chi connectivity index (χ4v) is 2.48. The summed E-state index contributed by atoms with van der Waals surface area (Å²) in [5.41, 5.74) is 7.99. The molecule has 3 heteroatoms. The Bertz CT molecular complexity index is 374. The van der Waals surface area contributed by atoms with Crippen molar-refractivity contribution in [1.29, 1.82) is 0 Å². The number of halogens is 1. The van der Waals surface area contributed by atoms with Crippen LogP contribution < -0.4 is 5.73 Å². The molecule has 1 fully saturated rings. The van der Waals surface area contributed by atoms with Crippen molar-refractivity contribution in [3.63, 3.8) is 0 Å². The van der Waals surface area contributed by atoms with Crippen molar-refractivity contribution in [2.24, 2.45) is 5.92 Å². The first-order valence-corrected chi connectivity index (χ1v) is 6.83. The van der Waals surface area contributed by atoms with E-state index in [0.717, 1.165) is 24.7 Å². The van der Waals surface area contributed by atoms with Crippen molar-refractivity contribution >= 4 is 17.3 Å². The van der Waals surface area contributed by atoms with E-state index in [4.69, 9.17) is 17.3 Å². The van der Waals surface area contributed by atoms with Gasteiger partial charge >= 0.3 is 0 Å². The summed E-state index contributed by atoms with van der Waals surface area (Å²) < 4.78 is 0. The van der Waals surface area contributed by atoms with Crippen LogP contribution in [-0.4, -0.2) is 18.0 Å². The summed E-state index contributed by atoms with van der Waals surface area (Å²) in [6, 6.07) is 5.81. The Labute approximate surface area is 109 Å². The maximum absolute atomic E-state index is 5.99. The van der Waals surface area contributed by atoms with Gasteiger partial charge in [0.15, 0.2) is 0 Å². The molecule has 94 valence electrons. The summed E-state index contributed by atoms with van der Waals surface area (Å²) in [5.74, 6) is 0.906. The molecule has 0 radical (unpaired) electrons. The first-order chi connectivity index (χ1) is 8.19. The molecule has 0 aromatic heterocycles. The van der Waals surface area contributed by atoms with E-state index in [1.807, 2.05) is 18.2 Å². The molecule has 2 N–H and O–H groups in total. The summed E-state index contributed by atoms with van der Waals surface area (Å²) >= 11 is 5.91. The second-order valence-corrected chi connectivity index (χ2v) is 5.40. The zero-order valence-corrected chi connectivity index (χ0v) is 11.2. The Morgan fingerprint density at radius 1 is 1.41 bits per heavy atom. The second-order valence-electron chi connectivity index (χ2n) is 4.97. The molecule has 1 aliphatic rings. The first kappa shape index (κ1) is 12.7. The predicted octanol–water partition coefficient (Wildman–Crippen LogP) is 3.54. The Hall–Kier alpha value is -0.730. The van der Waals surface area contributed by atoms with Gasteiger partial charge in [-0.15, -0.1) is 0 Å². The normalized spacial score (nSPS) is 16.2. The van der Waals surface area contributed by atoms with Gasteiger partial charge in [-0.05, 0) is 43.0 Å². The topological polar surface area (TPSA) is 29.3 Å². The predicted molar refractivity (Wildman–Crippen MR) is 74.2 cm³/mol. The number of nitrogens with zero attached hydrogens (tertiary/aromatic N) is 1. The second kappa shape index (κ2) is 5.74. The third kappa shape index (κ3) is 3.36. The van der Waals surface area contributed by atoms with Gasteiger partial charge in [0, 0.05) is 23.8 Å². The molecule has 0 saturated heterocycles. The van der Waals surface area contributed by atoms with E-state index in [1.165, 1.54) is 31.4 Å². The molecule has 0 unspecified atom stereocenters. The summed E-state index contributed by atoms with van der Waals surface area (Å²) in [6.07, 6.45) is 4.20. The quantitative estimate of drug-likeness (QED) is 0.813. The highest BCUT2D eigenvalue weighted by atomic mass is 35.5. The van der Waals surface area contributed by atoms with Crippen molar-refractivity contribution < 1.29 is 0 Å². The number of anilines is 1. The number of rotatable bonds is 5. The zero-order chi connectivity index (χ0) is 12.3. The molecule has 1 saturated carbocycles. The molecule has 0 bridgehead atoms. The lowest BCUT2D eigenvalue weighted by Crippen LogP contribution is -2.32. The van der Waals surface area contributed by atoms with Gasteiger partial charge in [-0.1, -0.05) is 31.0 Å². The molecule has 2 rings (SSSR count). The summed E-state index contributed by atoms with van der Waals surface area (Å²) in [5, 5.41) is 0.716. The molecule has 2 nitrogen and oxygen atoms in total. The molecule has 1 aliphatic carbocycles. The molecular weight excluding hydrogens is 232 g/mol. The molecule has 0 heterocycles. The SMILES string of the molecule is CCN(Cc1ccc(Cl)cc1N)CC1CCC1. The molecule has 1 aromatic rings. The average molecular weight is 253 g/mol. The number of hydrogen-bond donors (Lipinski definition) is 1. The van der Waals surface area contributed by atoms with Crippen molar-refractivity contribution in [3.8, 4) is 0 Å². The lowest BCUT2D eigenvalue weighted by Gasteiger charge is -2.32. The number of hydrogen-bond acceptors (Lipinski definition) is 2. The Morgan fingerprint density at radius 3 is 2.71 bits per heavy atom. The van der Waals surface area contributed by atoms with E-state index in [9.17, 15) is 0 Å². The lowest BCUT2D eigenvalue weighted by molar-refractivity contribution is 0.178. The summed E-state index contributed by atoms with van der Waals surface area (Å²) in [7, 11) is 0. The third-order valence-corrected chi connectivity index (χ3v) is 3.93. The van der Waals surface area contributed by atoms with Gasteiger partial charge in [0.1, 0.15) is 0 Å². The van der Waals surface area contributed by atoms with Crippen LogP contribution >= 0.6 is 11.6 Å². The monoisotopic (exact) mass is 252 g/mol. The fourth-order valence-electron chi connectivity index (χ4n) is 2.30. The standard InChI is InChI=1S/C14H21ClN2/c1-2-17(9-11-4-3-5-11)10-12-6-7-13(15)8-14(12)16/h6-8,11H,2-5,9-10,16H2,1H3. The van der Waals surface area contributed by atoms with Crippen LogP contribution in [0.15, 0.2) is 18.2 Å². The Kier molecular flexibility index (Phi) is 4.30. The minimum Gasteiger partial charge on any atom is -0.398 e. The van der Waals surface area contributed by atoms with Gasteiger partial charge in [0.25, 0.3) is 0 Å². The molecule has 0 atom stereocenters. The molecule has 0 aliphatic heterocycles. The van der Waals surface area contributed by atoms with E-state index < -0.39 is 0 Å². The molecular formula is C14H21ClN2. The van der Waals surface area contributed by atoms with Crippen molar-refractivity contribution in [3.05, 3.63) is 28.8 Å². The van der Waals surface area contributed by atoms with Crippen LogP contribution in [0.25, 0.3) is 0 Å². The summed E-state index contributed by atoms with van der Waals surface area (Å²) in [6.45, 7) is 5.44. The van der Waals surface area contributed by atoms with E-state index in [0.29, 0.717) is 5.02 Å². The highest BCUT2D eigenvalue weighted by Crippen LogP contribution is 2.28. The average Bonchev–Trinajstić information content (AvgIpc) is 2.24. The van der Waals surface area contributed by atoms with E-state index >= 15 is 0 Å². The number of nitrogens with two attached hydrogens (primary N) is 1. The van der Waals surface area contributed by atoms with Gasteiger partial charge in [0.05, 0.1) is 0 Å². The van der Waals surface area contributed by atoms with Gasteiger partial charge in [-0.2, -0.15) is 0 Å². The molecule has 17 heavy (non-hydrogen) atoms. The number of nitrogen functional groups attached to an aromatic ring is 1. The van der Waals surface area contributed by atoms with Crippen molar-refractivity contribution in [2.45, 2.75) is 32.7 Å². The minimum atomic E-state index is 0.716. The van der Waals surface area contributed by atoms with Crippen LogP contribution in [0, 0.1) is 5.92 Å². The Morgan fingerprint density at radius 2 is 2.18 bits per heavy atom. The third-order valence-electron chi connectivity index (χ3n) is 3.69. The molecule has 0 amide bonds. The highest BCUT2D eigenvalue weighted by Gasteiger charge is 2.20. The highest BCUT2D eigenvalue weighted by molar-refractivity contribution is 6.30. The van der Waals surface area contributed by atoms with Crippen molar-refractivity contribution in [1.82, 2.24) is 4.90 Å². The van der Waals surface area contributed by atoms with Crippen LogP contribution in [-0.2, 0) is 6.54 Å². The van der Waals surface area contributed by atoms with E-state index in [-0.39, 0.29) is 0 Å². The minimum absolute atomic E-state index is 0.716. The van der Waals surface area contributed by atoms with Crippen molar-refractivity contribution in [2.75, 3.05) is 18.8 Å². The van der Waals surface area contributed by atoms with Crippen LogP contribution in [0.2, 0.25) is 5.02 Å². The smallest absolute Gasteiger partial charge is 0.0426 e. The van der Waals surface area contributed by atoms with E-state index in [1.54, 1.807) is 0 Å². The molecule has 1 aromatic carbocycles. The Balaban J connectivity index is 1.96. The van der Waals surface area contributed by atoms with Crippen LogP contribution in [0.3, 0.4) is 0 Å². The maximum Gasteiger partial charge on any atom is 0.0426 e. The van der Waals surface area contributed by atoms with Gasteiger partial charge in [0.2, 0.25) is 0 Å².